The minimum Gasteiger partial charge on any atom is -0.321 e. The van der Waals surface area contributed by atoms with Crippen LogP contribution in [0.4, 0.5) is 5.69 Å². The molecule has 5 rings (SSSR count). The van der Waals surface area contributed by atoms with Crippen molar-refractivity contribution < 1.29 is 9.69 Å². The number of nitrogens with one attached hydrogen (secondary N) is 2. The van der Waals surface area contributed by atoms with E-state index in [-0.39, 0.29) is 5.91 Å². The number of aromatic nitrogens is 1. The van der Waals surface area contributed by atoms with Gasteiger partial charge in [0.25, 0.3) is 5.91 Å². The van der Waals surface area contributed by atoms with E-state index in [0.717, 1.165) is 41.0 Å². The lowest BCUT2D eigenvalue weighted by molar-refractivity contribution is -0.910. The maximum absolute atomic E-state index is 12.7. The predicted molar refractivity (Wildman–Crippen MR) is 115 cm³/mol. The van der Waals surface area contributed by atoms with Crippen molar-refractivity contribution in [3.05, 3.63) is 71.7 Å². The topological polar surface area (TPSA) is 46.4 Å². The van der Waals surface area contributed by atoms with Gasteiger partial charge in [-0.05, 0) is 35.0 Å². The van der Waals surface area contributed by atoms with Crippen LogP contribution in [0.3, 0.4) is 0 Å². The van der Waals surface area contributed by atoms with Crippen LogP contribution in [-0.2, 0) is 4.79 Å². The molecule has 2 heterocycles. The van der Waals surface area contributed by atoms with E-state index in [1.165, 1.54) is 15.0 Å². The molecule has 1 fully saturated rings. The van der Waals surface area contributed by atoms with E-state index in [1.54, 1.807) is 11.3 Å². The number of hydrogen-bond acceptors (Lipinski definition) is 3. The first-order valence-corrected chi connectivity index (χ1v) is 10.6. The summed E-state index contributed by atoms with van der Waals surface area (Å²) in [5.74, 6) is 0.0679. The number of quaternary nitrogens is 1. The molecule has 0 spiro atoms. The van der Waals surface area contributed by atoms with Crippen molar-refractivity contribution in [1.82, 2.24) is 4.98 Å². The van der Waals surface area contributed by atoms with E-state index >= 15 is 0 Å². The molecular formula is C23H22N3OS+. The Balaban J connectivity index is 1.30. The lowest BCUT2D eigenvalue weighted by Gasteiger charge is -2.19. The molecule has 1 aliphatic heterocycles. The molecule has 140 valence electrons. The molecule has 4 aromatic rings. The van der Waals surface area contributed by atoms with Crippen molar-refractivity contribution in [3.8, 4) is 0 Å². The number of thiazole rings is 1. The zero-order chi connectivity index (χ0) is 18.9. The number of likely N-dealkylation sites (tertiary alicyclic amines) is 1. The Morgan fingerprint density at radius 3 is 2.79 bits per heavy atom. The molecule has 1 amide bonds. The van der Waals surface area contributed by atoms with Crippen LogP contribution in [-0.4, -0.2) is 24.0 Å². The summed E-state index contributed by atoms with van der Waals surface area (Å²) in [6.07, 6.45) is 2.23. The van der Waals surface area contributed by atoms with Crippen LogP contribution in [0, 0.1) is 0 Å². The number of anilines is 1. The van der Waals surface area contributed by atoms with Crippen LogP contribution in [0.1, 0.15) is 23.9 Å². The van der Waals surface area contributed by atoms with E-state index in [0.29, 0.717) is 12.6 Å². The van der Waals surface area contributed by atoms with Gasteiger partial charge in [0.15, 0.2) is 11.6 Å². The Bertz CT molecular complexity index is 1120. The number of hydrogen-bond donors (Lipinski definition) is 2. The highest BCUT2D eigenvalue weighted by Crippen LogP contribution is 2.28. The van der Waals surface area contributed by atoms with Crippen LogP contribution < -0.4 is 10.2 Å². The molecule has 4 nitrogen and oxygen atoms in total. The minimum atomic E-state index is 0.0679. The summed E-state index contributed by atoms with van der Waals surface area (Å²) in [6.45, 7) is 1.50. The third kappa shape index (κ3) is 3.39. The quantitative estimate of drug-likeness (QED) is 0.558. The summed E-state index contributed by atoms with van der Waals surface area (Å²) in [4.78, 5) is 18.9. The second-order valence-electron chi connectivity index (χ2n) is 7.41. The highest BCUT2D eigenvalue weighted by molar-refractivity contribution is 7.18. The highest BCUT2D eigenvalue weighted by Gasteiger charge is 2.34. The Kier molecular flexibility index (Phi) is 4.55. The SMILES string of the molecule is O=C(C[NH+]1CCC[C@@H]1c1nc2ccccc2s1)Nc1ccc2ccccc2c1. The average Bonchev–Trinajstić information content (AvgIpc) is 3.34. The van der Waals surface area contributed by atoms with E-state index in [2.05, 4.69) is 41.7 Å². The second kappa shape index (κ2) is 7.34. The second-order valence-corrected chi connectivity index (χ2v) is 8.47. The zero-order valence-electron chi connectivity index (χ0n) is 15.5. The maximum atomic E-state index is 12.7. The van der Waals surface area contributed by atoms with Gasteiger partial charge in [-0.25, -0.2) is 4.98 Å². The van der Waals surface area contributed by atoms with Crippen molar-refractivity contribution in [3.63, 3.8) is 0 Å². The molecule has 28 heavy (non-hydrogen) atoms. The van der Waals surface area contributed by atoms with E-state index in [1.807, 2.05) is 30.3 Å². The van der Waals surface area contributed by atoms with E-state index in [4.69, 9.17) is 4.98 Å². The van der Waals surface area contributed by atoms with Crippen molar-refractivity contribution >= 4 is 43.9 Å². The fraction of sp³-hybridized carbons (Fsp3) is 0.217. The zero-order valence-corrected chi connectivity index (χ0v) is 16.3. The van der Waals surface area contributed by atoms with Gasteiger partial charge in [-0.3, -0.25) is 4.79 Å². The smallest absolute Gasteiger partial charge is 0.279 e. The molecule has 1 unspecified atom stereocenters. The summed E-state index contributed by atoms with van der Waals surface area (Å²) in [6, 6.07) is 22.9. The standard InChI is InChI=1S/C23H21N3OS/c27-22(24-18-12-11-16-6-1-2-7-17(16)14-18)15-26-13-5-9-20(26)23-25-19-8-3-4-10-21(19)28-23/h1-4,6-8,10-12,14,20H,5,9,13,15H2,(H,24,27)/p+1/t20-/m1/s1. The largest absolute Gasteiger partial charge is 0.321 e. The van der Waals surface area contributed by atoms with Gasteiger partial charge in [-0.1, -0.05) is 42.5 Å². The summed E-state index contributed by atoms with van der Waals surface area (Å²) in [5, 5.41) is 6.56. The lowest BCUT2D eigenvalue weighted by Crippen LogP contribution is -3.11. The highest BCUT2D eigenvalue weighted by atomic mass is 32.1. The van der Waals surface area contributed by atoms with E-state index < -0.39 is 0 Å². The molecule has 1 aliphatic rings. The summed E-state index contributed by atoms with van der Waals surface area (Å²) >= 11 is 1.77. The number of rotatable bonds is 4. The number of carbonyl (C=O) groups is 1. The fourth-order valence-electron chi connectivity index (χ4n) is 4.14. The predicted octanol–water partition coefficient (Wildman–Crippen LogP) is 3.81. The van der Waals surface area contributed by atoms with Gasteiger partial charge in [0.05, 0.1) is 16.8 Å². The number of benzene rings is 3. The third-order valence-corrected chi connectivity index (χ3v) is 6.66. The average molecular weight is 389 g/mol. The van der Waals surface area contributed by atoms with Crippen molar-refractivity contribution in [2.75, 3.05) is 18.4 Å². The van der Waals surface area contributed by atoms with E-state index in [9.17, 15) is 4.79 Å². The first kappa shape index (κ1) is 17.3. The molecule has 1 aromatic heterocycles. The maximum Gasteiger partial charge on any atom is 0.279 e. The van der Waals surface area contributed by atoms with Crippen molar-refractivity contribution in [2.45, 2.75) is 18.9 Å². The molecule has 2 N–H and O–H groups in total. The van der Waals surface area contributed by atoms with Gasteiger partial charge < -0.3 is 10.2 Å². The Morgan fingerprint density at radius 1 is 1.07 bits per heavy atom. The van der Waals surface area contributed by atoms with Gasteiger partial charge in [-0.2, -0.15) is 0 Å². The number of amides is 1. The van der Waals surface area contributed by atoms with Gasteiger partial charge in [0, 0.05) is 18.5 Å². The molecule has 0 saturated carbocycles. The van der Waals surface area contributed by atoms with Gasteiger partial charge in [0.2, 0.25) is 0 Å². The molecule has 0 aliphatic carbocycles. The number of carbonyl (C=O) groups excluding carboxylic acids is 1. The molecule has 3 aromatic carbocycles. The number of para-hydroxylation sites is 1. The Morgan fingerprint density at radius 2 is 1.89 bits per heavy atom. The van der Waals surface area contributed by atoms with Crippen LogP contribution in [0.2, 0.25) is 0 Å². The van der Waals surface area contributed by atoms with Gasteiger partial charge >= 0.3 is 0 Å². The molecule has 5 heteroatoms. The summed E-state index contributed by atoms with van der Waals surface area (Å²) in [7, 11) is 0. The molecule has 0 radical (unpaired) electrons. The molecular weight excluding hydrogens is 366 g/mol. The Labute approximate surface area is 167 Å². The molecule has 0 bridgehead atoms. The van der Waals surface area contributed by atoms with Crippen molar-refractivity contribution in [2.24, 2.45) is 0 Å². The minimum absolute atomic E-state index is 0.0679. The number of nitrogens with zero attached hydrogens (tertiary/aromatic N) is 1. The van der Waals surface area contributed by atoms with Crippen LogP contribution >= 0.6 is 11.3 Å². The van der Waals surface area contributed by atoms with Crippen LogP contribution in [0.15, 0.2) is 66.7 Å². The van der Waals surface area contributed by atoms with Gasteiger partial charge in [0.1, 0.15) is 6.04 Å². The lowest BCUT2D eigenvalue weighted by atomic mass is 10.1. The van der Waals surface area contributed by atoms with Crippen LogP contribution in [0.25, 0.3) is 21.0 Å². The first-order chi connectivity index (χ1) is 13.8. The summed E-state index contributed by atoms with van der Waals surface area (Å²) in [5.41, 5.74) is 1.92. The van der Waals surface area contributed by atoms with Gasteiger partial charge in [-0.15, -0.1) is 11.3 Å². The third-order valence-electron chi connectivity index (χ3n) is 5.51. The Hall–Kier alpha value is -2.76. The molecule has 1 saturated heterocycles. The summed E-state index contributed by atoms with van der Waals surface area (Å²) < 4.78 is 1.23. The van der Waals surface area contributed by atoms with Crippen LogP contribution in [0.5, 0.6) is 0 Å². The molecule has 2 atom stereocenters. The normalized spacial score (nSPS) is 19.3. The first-order valence-electron chi connectivity index (χ1n) is 9.75. The number of fused-ring (bicyclic) bond motifs is 2. The fourth-order valence-corrected chi connectivity index (χ4v) is 5.30. The monoisotopic (exact) mass is 388 g/mol. The van der Waals surface area contributed by atoms with Crippen molar-refractivity contribution in [1.29, 1.82) is 0 Å².